The van der Waals surface area contributed by atoms with Gasteiger partial charge in [-0.25, -0.2) is 9.97 Å². The molecule has 0 aliphatic carbocycles. The Morgan fingerprint density at radius 1 is 1.08 bits per heavy atom. The summed E-state index contributed by atoms with van der Waals surface area (Å²) in [6.45, 7) is 11.7. The lowest BCUT2D eigenvalue weighted by molar-refractivity contribution is 0.102. The number of aromatic nitrogens is 4. The van der Waals surface area contributed by atoms with Gasteiger partial charge in [-0.3, -0.25) is 9.36 Å². The molecular weight excluding hydrogens is 348 g/mol. The highest BCUT2D eigenvalue weighted by Gasteiger charge is 2.19. The van der Waals surface area contributed by atoms with Gasteiger partial charge in [0.25, 0.3) is 0 Å². The van der Waals surface area contributed by atoms with E-state index < -0.39 is 0 Å². The van der Waals surface area contributed by atoms with Crippen LogP contribution in [-0.4, -0.2) is 31.2 Å². The predicted octanol–water partition coefficient (Wildman–Crippen LogP) is 4.08. The van der Waals surface area contributed by atoms with Crippen LogP contribution < -0.4 is 0 Å². The van der Waals surface area contributed by atoms with Gasteiger partial charge in [0.2, 0.25) is 0 Å². The van der Waals surface area contributed by atoms with Crippen LogP contribution in [-0.2, 0) is 0 Å². The van der Waals surface area contributed by atoms with Gasteiger partial charge in [0.15, 0.2) is 16.8 Å². The van der Waals surface area contributed by atoms with Crippen LogP contribution >= 0.6 is 11.8 Å². The van der Waals surface area contributed by atoms with E-state index >= 15 is 0 Å². The van der Waals surface area contributed by atoms with Gasteiger partial charge in [-0.2, -0.15) is 0 Å². The van der Waals surface area contributed by atoms with E-state index in [1.54, 1.807) is 0 Å². The summed E-state index contributed by atoms with van der Waals surface area (Å²) in [5, 5.41) is 4.69. The van der Waals surface area contributed by atoms with Crippen molar-refractivity contribution in [2.24, 2.45) is 0 Å². The lowest BCUT2D eigenvalue weighted by Gasteiger charge is -2.07. The van der Waals surface area contributed by atoms with Crippen LogP contribution in [0.3, 0.4) is 0 Å². The Kier molecular flexibility index (Phi) is 5.00. The van der Waals surface area contributed by atoms with Crippen LogP contribution in [0.15, 0.2) is 21.8 Å². The van der Waals surface area contributed by atoms with Crippen molar-refractivity contribution in [3.63, 3.8) is 0 Å². The zero-order valence-corrected chi connectivity index (χ0v) is 16.7. The molecule has 0 unspecified atom stereocenters. The van der Waals surface area contributed by atoms with Gasteiger partial charge in [-0.15, -0.1) is 0 Å². The fraction of sp³-hybridized carbons (Fsp3) is 0.368. The summed E-state index contributed by atoms with van der Waals surface area (Å²) in [4.78, 5) is 21.7. The number of Topliss-reactive ketones (excluding diaryl/α,β-unsaturated/α-hetero) is 1. The fourth-order valence-corrected chi connectivity index (χ4v) is 3.69. The molecule has 0 aliphatic rings. The average molecular weight is 370 g/mol. The number of aryl methyl sites for hydroxylation is 4. The highest BCUT2D eigenvalue weighted by Crippen LogP contribution is 2.24. The zero-order valence-electron chi connectivity index (χ0n) is 15.9. The molecule has 6 nitrogen and oxygen atoms in total. The molecule has 0 fully saturated rings. The highest BCUT2D eigenvalue weighted by molar-refractivity contribution is 7.99. The number of nitrogens with zero attached hydrogens (tertiary/aromatic N) is 4. The van der Waals surface area contributed by atoms with Crippen LogP contribution in [0.25, 0.3) is 5.82 Å². The maximum absolute atomic E-state index is 12.7. The minimum atomic E-state index is 0.0500. The Balaban J connectivity index is 1.81. The minimum absolute atomic E-state index is 0.0500. The van der Waals surface area contributed by atoms with Gasteiger partial charge in [-0.05, 0) is 53.2 Å². The summed E-state index contributed by atoms with van der Waals surface area (Å²) >= 11 is 1.37. The molecule has 0 aliphatic heterocycles. The topological polar surface area (TPSA) is 73.8 Å². The Hall–Kier alpha value is -2.41. The van der Waals surface area contributed by atoms with Crippen molar-refractivity contribution in [3.8, 4) is 5.82 Å². The molecule has 0 spiro atoms. The molecule has 0 amide bonds. The fourth-order valence-electron chi connectivity index (χ4n) is 2.87. The predicted molar refractivity (Wildman–Crippen MR) is 101 cm³/mol. The van der Waals surface area contributed by atoms with Crippen molar-refractivity contribution in [3.05, 3.63) is 51.8 Å². The lowest BCUT2D eigenvalue weighted by Crippen LogP contribution is -2.07. The van der Waals surface area contributed by atoms with Gasteiger partial charge in [-0.1, -0.05) is 16.9 Å². The zero-order chi connectivity index (χ0) is 19.0. The molecule has 0 saturated carbocycles. The van der Waals surface area contributed by atoms with Gasteiger partial charge in [0, 0.05) is 34.4 Å². The summed E-state index contributed by atoms with van der Waals surface area (Å²) in [6.07, 6.45) is 0. The van der Waals surface area contributed by atoms with E-state index in [4.69, 9.17) is 4.52 Å². The van der Waals surface area contributed by atoms with Crippen LogP contribution in [0, 0.1) is 41.5 Å². The van der Waals surface area contributed by atoms with E-state index in [-0.39, 0.29) is 5.78 Å². The summed E-state index contributed by atoms with van der Waals surface area (Å²) in [5.41, 5.74) is 5.49. The third-order valence-corrected chi connectivity index (χ3v) is 5.37. The van der Waals surface area contributed by atoms with Crippen molar-refractivity contribution in [1.29, 1.82) is 0 Å². The first kappa shape index (κ1) is 18.4. The van der Waals surface area contributed by atoms with Gasteiger partial charge < -0.3 is 4.52 Å². The second-order valence-electron chi connectivity index (χ2n) is 6.43. The molecule has 7 heteroatoms. The Bertz CT molecular complexity index is 965. The molecule has 136 valence electrons. The lowest BCUT2D eigenvalue weighted by atomic mass is 10.2. The molecule has 3 aromatic heterocycles. The molecule has 3 heterocycles. The average Bonchev–Trinajstić information content (AvgIpc) is 3.13. The first-order valence-electron chi connectivity index (χ1n) is 8.38. The summed E-state index contributed by atoms with van der Waals surface area (Å²) in [6, 6.07) is 3.75. The van der Waals surface area contributed by atoms with E-state index in [1.807, 2.05) is 58.2 Å². The van der Waals surface area contributed by atoms with Crippen molar-refractivity contribution in [2.75, 3.05) is 5.75 Å². The number of thioether (sulfide) groups is 1. The van der Waals surface area contributed by atoms with Gasteiger partial charge in [0.1, 0.15) is 5.76 Å². The molecule has 0 N–H and O–H groups in total. The van der Waals surface area contributed by atoms with Crippen molar-refractivity contribution >= 4 is 17.5 Å². The molecule has 0 saturated heterocycles. The largest absolute Gasteiger partial charge is 0.360 e. The van der Waals surface area contributed by atoms with E-state index in [0.717, 1.165) is 34.1 Å². The smallest absolute Gasteiger partial charge is 0.188 e. The molecule has 0 aromatic carbocycles. The monoisotopic (exact) mass is 370 g/mol. The Morgan fingerprint density at radius 3 is 2.31 bits per heavy atom. The third kappa shape index (κ3) is 3.44. The summed E-state index contributed by atoms with van der Waals surface area (Å²) < 4.78 is 7.10. The molecular formula is C19H22N4O2S. The van der Waals surface area contributed by atoms with Crippen LogP contribution in [0.4, 0.5) is 0 Å². The minimum Gasteiger partial charge on any atom is -0.360 e. The first-order valence-corrected chi connectivity index (χ1v) is 9.37. The molecule has 26 heavy (non-hydrogen) atoms. The number of carbonyl (C=O) groups is 1. The Morgan fingerprint density at radius 2 is 1.73 bits per heavy atom. The highest BCUT2D eigenvalue weighted by atomic mass is 32.2. The molecule has 0 atom stereocenters. The third-order valence-electron chi connectivity index (χ3n) is 4.52. The second kappa shape index (κ2) is 7.07. The van der Waals surface area contributed by atoms with Gasteiger partial charge in [0.05, 0.1) is 5.75 Å². The number of hydrogen-bond acceptors (Lipinski definition) is 6. The van der Waals surface area contributed by atoms with E-state index in [9.17, 15) is 4.79 Å². The van der Waals surface area contributed by atoms with Crippen LogP contribution in [0.5, 0.6) is 0 Å². The Labute approximate surface area is 157 Å². The molecule has 0 radical (unpaired) electrons. The SMILES string of the molecule is Cc1cc(-n2c(C)cc(C(=O)CSc3nc(C)c(C)c(C)n3)c2C)no1. The number of ketones is 1. The van der Waals surface area contributed by atoms with Crippen molar-refractivity contribution < 1.29 is 9.32 Å². The number of rotatable bonds is 5. The maximum atomic E-state index is 12.7. The van der Waals surface area contributed by atoms with E-state index in [1.165, 1.54) is 11.8 Å². The van der Waals surface area contributed by atoms with Crippen molar-refractivity contribution in [1.82, 2.24) is 19.7 Å². The summed E-state index contributed by atoms with van der Waals surface area (Å²) in [7, 11) is 0. The van der Waals surface area contributed by atoms with Crippen molar-refractivity contribution in [2.45, 2.75) is 46.7 Å². The molecule has 0 bridgehead atoms. The quantitative estimate of drug-likeness (QED) is 0.383. The number of hydrogen-bond donors (Lipinski definition) is 0. The molecule has 3 aromatic rings. The standard InChI is InChI=1S/C19H22N4O2S/c1-10-7-16(15(6)23(10)18-8-11(2)25-22-18)17(24)9-26-19-20-13(4)12(3)14(5)21-19/h7-8H,9H2,1-6H3. The number of carbonyl (C=O) groups excluding carboxylic acids is 1. The first-order chi connectivity index (χ1) is 12.3. The molecule has 3 rings (SSSR count). The van der Waals surface area contributed by atoms with Crippen LogP contribution in [0.2, 0.25) is 0 Å². The van der Waals surface area contributed by atoms with Gasteiger partial charge >= 0.3 is 0 Å². The maximum Gasteiger partial charge on any atom is 0.188 e. The second-order valence-corrected chi connectivity index (χ2v) is 7.37. The normalized spacial score (nSPS) is 11.2. The summed E-state index contributed by atoms with van der Waals surface area (Å²) in [5.74, 6) is 1.77. The van der Waals surface area contributed by atoms with E-state index in [2.05, 4.69) is 15.1 Å². The van der Waals surface area contributed by atoms with Crippen LogP contribution in [0.1, 0.15) is 44.5 Å². The van der Waals surface area contributed by atoms with E-state index in [0.29, 0.717) is 22.3 Å².